The predicted octanol–water partition coefficient (Wildman–Crippen LogP) is 1.27. The van der Waals surface area contributed by atoms with Crippen LogP contribution in [0.25, 0.3) is 6.08 Å². The van der Waals surface area contributed by atoms with E-state index in [1.54, 1.807) is 0 Å². The van der Waals surface area contributed by atoms with Gasteiger partial charge in [-0.15, -0.1) is 0 Å². The first-order valence-corrected chi connectivity index (χ1v) is 13.6. The van der Waals surface area contributed by atoms with Crippen molar-refractivity contribution in [3.8, 4) is 51.7 Å². The van der Waals surface area contributed by atoms with E-state index in [0.29, 0.717) is 0 Å². The van der Waals surface area contributed by atoms with E-state index in [2.05, 4.69) is 0 Å². The number of ether oxygens (including phenoxy) is 5. The van der Waals surface area contributed by atoms with Gasteiger partial charge >= 0.3 is 11.9 Å². The van der Waals surface area contributed by atoms with E-state index in [0.717, 1.165) is 49.4 Å². The van der Waals surface area contributed by atoms with Gasteiger partial charge in [-0.3, -0.25) is 4.79 Å². The molecule has 250 valence electrons. The molecule has 0 aliphatic carbocycles. The van der Waals surface area contributed by atoms with Crippen molar-refractivity contribution in [1.29, 1.82) is 0 Å². The number of hydrogen-bond donors (Lipinski definition) is 10. The van der Waals surface area contributed by atoms with Gasteiger partial charge in [-0.2, -0.15) is 0 Å². The quantitative estimate of drug-likeness (QED) is 0.126. The molecule has 6 unspecified atom stereocenters. The minimum Gasteiger partial charge on any atom is -0.508 e. The van der Waals surface area contributed by atoms with Crippen molar-refractivity contribution >= 4 is 18.0 Å². The summed E-state index contributed by atoms with van der Waals surface area (Å²) in [4.78, 5) is 24.4. The fraction of sp³-hybridized carbons (Fsp3) is 0.267. The molecular weight excluding hydrogens is 632 g/mol. The van der Waals surface area contributed by atoms with Gasteiger partial charge in [0.15, 0.2) is 41.0 Å². The Bertz CT molecular complexity index is 1730. The van der Waals surface area contributed by atoms with Gasteiger partial charge in [-0.25, -0.2) is 4.79 Å². The summed E-state index contributed by atoms with van der Waals surface area (Å²) >= 11 is 0. The molecule has 10 N–H and O–H groups in total. The number of phenols is 7. The van der Waals surface area contributed by atoms with E-state index >= 15 is 0 Å². The lowest BCUT2D eigenvalue weighted by atomic mass is 9.98. The third kappa shape index (κ3) is 6.48. The van der Waals surface area contributed by atoms with Crippen molar-refractivity contribution in [3.63, 3.8) is 0 Å². The number of carbonyl (C=O) groups is 2. The van der Waals surface area contributed by atoms with E-state index in [1.165, 1.54) is 0 Å². The minimum absolute atomic E-state index is 0.0397. The third-order valence-corrected chi connectivity index (χ3v) is 7.18. The molecule has 0 bridgehead atoms. The highest BCUT2D eigenvalue weighted by Gasteiger charge is 2.49. The third-order valence-electron chi connectivity index (χ3n) is 7.18. The number of esters is 2. The average Bonchev–Trinajstić information content (AvgIpc) is 3.00. The first-order chi connectivity index (χ1) is 22.1. The highest BCUT2D eigenvalue weighted by atomic mass is 16.7. The van der Waals surface area contributed by atoms with Gasteiger partial charge in [0.1, 0.15) is 47.9 Å². The summed E-state index contributed by atoms with van der Waals surface area (Å²) in [5.41, 5.74) is -0.538. The summed E-state index contributed by atoms with van der Waals surface area (Å²) in [6.07, 6.45) is -9.47. The second-order valence-electron chi connectivity index (χ2n) is 10.5. The Labute approximate surface area is 263 Å². The molecule has 1 fully saturated rings. The number of aromatic hydroxyl groups is 7. The lowest BCUT2D eigenvalue weighted by Crippen LogP contribution is -2.61. The maximum atomic E-state index is 13.0. The minimum atomic E-state index is -2.01. The monoisotopic (exact) mass is 660 g/mol. The van der Waals surface area contributed by atoms with Crippen molar-refractivity contribution in [2.75, 3.05) is 6.61 Å². The van der Waals surface area contributed by atoms with Gasteiger partial charge in [0.2, 0.25) is 12.0 Å². The highest BCUT2D eigenvalue weighted by molar-refractivity contribution is 5.91. The smallest absolute Gasteiger partial charge is 0.339 e. The molecule has 2 heterocycles. The zero-order valence-corrected chi connectivity index (χ0v) is 24.0. The fourth-order valence-electron chi connectivity index (χ4n) is 4.85. The Hall–Kier alpha value is -5.78. The summed E-state index contributed by atoms with van der Waals surface area (Å²) < 4.78 is 27.2. The van der Waals surface area contributed by atoms with Crippen molar-refractivity contribution < 1.29 is 84.3 Å². The van der Waals surface area contributed by atoms with Gasteiger partial charge < -0.3 is 74.7 Å². The summed E-state index contributed by atoms with van der Waals surface area (Å²) in [6.45, 7) is 0.454. The lowest BCUT2D eigenvalue weighted by Gasteiger charge is -2.41. The molecule has 47 heavy (non-hydrogen) atoms. The first-order valence-electron chi connectivity index (χ1n) is 13.6. The van der Waals surface area contributed by atoms with E-state index in [1.807, 2.05) is 0 Å². The number of fused-ring (bicyclic) bond motifs is 1. The normalized spacial score (nSPS) is 23.5. The molecule has 5 rings (SSSR count). The molecule has 0 saturated carbocycles. The number of rotatable bonds is 7. The molecule has 2 aliphatic rings. The molecule has 3 aromatic carbocycles. The number of hydrogen-bond acceptors (Lipinski definition) is 17. The Morgan fingerprint density at radius 2 is 1.47 bits per heavy atom. The fourth-order valence-corrected chi connectivity index (χ4v) is 4.85. The molecule has 0 amide bonds. The zero-order chi connectivity index (χ0) is 34.3. The average molecular weight is 661 g/mol. The summed E-state index contributed by atoms with van der Waals surface area (Å²) in [6, 6.07) is 5.70. The van der Waals surface area contributed by atoms with Crippen LogP contribution in [0.4, 0.5) is 0 Å². The van der Waals surface area contributed by atoms with E-state index in [9.17, 15) is 60.7 Å². The Morgan fingerprint density at radius 1 is 0.809 bits per heavy atom. The van der Waals surface area contributed by atoms with Crippen molar-refractivity contribution in [2.24, 2.45) is 0 Å². The topological polar surface area (TPSA) is 283 Å². The van der Waals surface area contributed by atoms with Crippen LogP contribution in [0.1, 0.15) is 34.5 Å². The van der Waals surface area contributed by atoms with Crippen LogP contribution < -0.4 is 9.47 Å². The molecule has 17 nitrogen and oxygen atoms in total. The first kappa shape index (κ1) is 32.6. The van der Waals surface area contributed by atoms with Gasteiger partial charge in [0, 0.05) is 24.6 Å². The molecule has 0 spiro atoms. The summed E-state index contributed by atoms with van der Waals surface area (Å²) in [7, 11) is 0. The van der Waals surface area contributed by atoms with Crippen LogP contribution in [0, 0.1) is 0 Å². The number of aliphatic hydroxyl groups is 3. The number of phenolic OH excluding ortho intramolecular Hbond substituents is 7. The molecule has 6 atom stereocenters. The molecule has 2 aliphatic heterocycles. The lowest BCUT2D eigenvalue weighted by molar-refractivity contribution is -0.277. The van der Waals surface area contributed by atoms with Gasteiger partial charge in [-0.1, -0.05) is 0 Å². The van der Waals surface area contributed by atoms with Crippen LogP contribution >= 0.6 is 0 Å². The maximum absolute atomic E-state index is 13.0. The molecule has 0 radical (unpaired) electrons. The number of aliphatic hydroxyl groups excluding tert-OH is 3. The van der Waals surface area contributed by atoms with Gasteiger partial charge in [0.25, 0.3) is 0 Å². The van der Waals surface area contributed by atoms with Gasteiger partial charge in [-0.05, 0) is 30.3 Å². The second-order valence-corrected chi connectivity index (χ2v) is 10.5. The summed E-state index contributed by atoms with van der Waals surface area (Å²) in [5.74, 6) is -8.40. The standard InChI is InChI=1S/C30H28O17/c1-10(31)43-9-22-25(40)26(41)28(47-29(42)12-3-16(34)23(38)17(35)4-12)30(46-22)45-21-5-11(2-18(36)24(21)39)27-19(37)8-14-15(33)6-13(32)7-20(14)44-27/h2-8,22,25-28,30,32-41H,9H2,1H3. The Balaban J connectivity index is 1.48. The predicted molar refractivity (Wildman–Crippen MR) is 152 cm³/mol. The van der Waals surface area contributed by atoms with E-state index < -0.39 is 107 Å². The van der Waals surface area contributed by atoms with Crippen LogP contribution in [-0.2, 0) is 19.0 Å². The number of carbonyl (C=O) groups excluding carboxylic acids is 2. The maximum Gasteiger partial charge on any atom is 0.339 e. The molecule has 0 aromatic heterocycles. The largest absolute Gasteiger partial charge is 0.508 e. The zero-order valence-electron chi connectivity index (χ0n) is 24.0. The van der Waals surface area contributed by atoms with Crippen molar-refractivity contribution in [2.45, 2.75) is 43.7 Å². The van der Waals surface area contributed by atoms with Crippen LogP contribution in [0.3, 0.4) is 0 Å². The number of benzene rings is 3. The Kier molecular flexibility index (Phi) is 8.70. The molecule has 1 saturated heterocycles. The Morgan fingerprint density at radius 3 is 2.13 bits per heavy atom. The van der Waals surface area contributed by atoms with Crippen molar-refractivity contribution in [3.05, 3.63) is 58.8 Å². The molecule has 17 heteroatoms. The van der Waals surface area contributed by atoms with Crippen LogP contribution in [-0.4, -0.2) is 100 Å². The van der Waals surface area contributed by atoms with E-state index in [-0.39, 0.29) is 22.6 Å². The van der Waals surface area contributed by atoms with Crippen LogP contribution in [0.5, 0.6) is 51.7 Å². The van der Waals surface area contributed by atoms with Gasteiger partial charge in [0.05, 0.1) is 11.1 Å². The van der Waals surface area contributed by atoms with Crippen LogP contribution in [0.2, 0.25) is 0 Å². The second kappa shape index (κ2) is 12.5. The molecule has 3 aromatic rings. The summed E-state index contributed by atoms with van der Waals surface area (Å²) in [5, 5.41) is 103. The highest BCUT2D eigenvalue weighted by Crippen LogP contribution is 2.46. The molecular formula is C30H28O17. The SMILES string of the molecule is CC(=O)OCC1OC(Oc2cc(C3Oc4cc(O)cc(O)c4C=C3O)cc(O)c2O)C(OC(=O)c2cc(O)c(O)c(O)c2)C(O)C1O. The van der Waals surface area contributed by atoms with Crippen LogP contribution in [0.15, 0.2) is 42.2 Å². The van der Waals surface area contributed by atoms with E-state index in [4.69, 9.17) is 23.7 Å². The van der Waals surface area contributed by atoms with Crippen molar-refractivity contribution in [1.82, 2.24) is 0 Å².